The van der Waals surface area contributed by atoms with Gasteiger partial charge < -0.3 is 10.2 Å². The maximum absolute atomic E-state index is 13.7. The van der Waals surface area contributed by atoms with Crippen LogP contribution in [0.15, 0.2) is 54.1 Å². The van der Waals surface area contributed by atoms with Gasteiger partial charge in [0, 0.05) is 35.5 Å². The van der Waals surface area contributed by atoms with Gasteiger partial charge in [-0.2, -0.15) is 0 Å². The van der Waals surface area contributed by atoms with Crippen molar-refractivity contribution in [2.75, 3.05) is 18.4 Å². The number of halogens is 1. The van der Waals surface area contributed by atoms with Crippen molar-refractivity contribution < 1.29 is 14.0 Å². The molecule has 0 saturated carbocycles. The third-order valence-corrected chi connectivity index (χ3v) is 4.40. The Labute approximate surface area is 152 Å². The summed E-state index contributed by atoms with van der Waals surface area (Å²) < 4.78 is 13.7. The third-order valence-electron chi connectivity index (χ3n) is 4.40. The molecule has 2 aromatic carbocycles. The molecule has 0 aromatic heterocycles. The Kier molecular flexibility index (Phi) is 5.46. The van der Waals surface area contributed by atoms with Gasteiger partial charge in [-0.1, -0.05) is 24.3 Å². The fourth-order valence-corrected chi connectivity index (χ4v) is 2.95. The van der Waals surface area contributed by atoms with Gasteiger partial charge in [-0.3, -0.25) is 9.59 Å². The molecule has 0 spiro atoms. The van der Waals surface area contributed by atoms with Crippen LogP contribution in [0.1, 0.15) is 35.7 Å². The van der Waals surface area contributed by atoms with Crippen LogP contribution in [0.3, 0.4) is 0 Å². The summed E-state index contributed by atoms with van der Waals surface area (Å²) in [7, 11) is 0. The average molecular weight is 352 g/mol. The highest BCUT2D eigenvalue weighted by molar-refractivity contribution is 6.06. The zero-order valence-electron chi connectivity index (χ0n) is 14.7. The van der Waals surface area contributed by atoms with Crippen molar-refractivity contribution in [2.45, 2.75) is 19.8 Å². The Balaban J connectivity index is 1.72. The summed E-state index contributed by atoms with van der Waals surface area (Å²) >= 11 is 0. The van der Waals surface area contributed by atoms with E-state index in [0.29, 0.717) is 22.4 Å². The minimum Gasteiger partial charge on any atom is -0.339 e. The molecule has 1 aliphatic heterocycles. The van der Waals surface area contributed by atoms with Crippen LogP contribution >= 0.6 is 0 Å². The second-order valence-electron chi connectivity index (χ2n) is 6.38. The molecule has 2 aromatic rings. The van der Waals surface area contributed by atoms with E-state index < -0.39 is 0 Å². The zero-order chi connectivity index (χ0) is 18.5. The number of nitrogens with zero attached hydrogens (tertiary/aromatic N) is 1. The molecular weight excluding hydrogens is 331 g/mol. The van der Waals surface area contributed by atoms with Gasteiger partial charge in [0.2, 0.25) is 0 Å². The Bertz CT molecular complexity index is 855. The summed E-state index contributed by atoms with van der Waals surface area (Å²) in [6.45, 7) is 3.18. The fourth-order valence-electron chi connectivity index (χ4n) is 2.95. The van der Waals surface area contributed by atoms with Crippen LogP contribution < -0.4 is 5.32 Å². The number of anilines is 1. The molecule has 26 heavy (non-hydrogen) atoms. The van der Waals surface area contributed by atoms with Crippen LogP contribution in [0.4, 0.5) is 10.1 Å². The second kappa shape index (κ2) is 7.95. The first-order valence-corrected chi connectivity index (χ1v) is 8.68. The standard InChI is InChI=1S/C21H21FN2O2/c1-15(13-16-7-2-3-10-19(16)22)20(25)23-18-9-6-8-17(14-18)21(26)24-11-4-5-12-24/h2-3,6-10,13-14H,4-5,11-12H2,1H3,(H,23,25)/b15-13+. The summed E-state index contributed by atoms with van der Waals surface area (Å²) in [6.07, 6.45) is 3.56. The highest BCUT2D eigenvalue weighted by Crippen LogP contribution is 2.18. The number of carbonyl (C=O) groups is 2. The first-order valence-electron chi connectivity index (χ1n) is 8.68. The van der Waals surface area contributed by atoms with E-state index in [-0.39, 0.29) is 17.6 Å². The van der Waals surface area contributed by atoms with E-state index in [4.69, 9.17) is 0 Å². The number of benzene rings is 2. The van der Waals surface area contributed by atoms with Gasteiger partial charge in [-0.05, 0) is 50.1 Å². The van der Waals surface area contributed by atoms with Crippen molar-refractivity contribution in [1.29, 1.82) is 0 Å². The smallest absolute Gasteiger partial charge is 0.253 e. The second-order valence-corrected chi connectivity index (χ2v) is 6.38. The van der Waals surface area contributed by atoms with E-state index >= 15 is 0 Å². The normalized spacial score (nSPS) is 14.4. The summed E-state index contributed by atoms with van der Waals surface area (Å²) in [4.78, 5) is 26.6. The van der Waals surface area contributed by atoms with Gasteiger partial charge in [0.1, 0.15) is 5.82 Å². The van der Waals surface area contributed by atoms with Crippen molar-refractivity contribution in [3.05, 3.63) is 71.0 Å². The monoisotopic (exact) mass is 352 g/mol. The number of rotatable bonds is 4. The highest BCUT2D eigenvalue weighted by atomic mass is 19.1. The Morgan fingerprint density at radius 3 is 2.54 bits per heavy atom. The summed E-state index contributed by atoms with van der Waals surface area (Å²) in [5.41, 5.74) is 1.84. The van der Waals surface area contributed by atoms with Crippen molar-refractivity contribution in [3.63, 3.8) is 0 Å². The average Bonchev–Trinajstić information content (AvgIpc) is 3.18. The van der Waals surface area contributed by atoms with Gasteiger partial charge in [0.15, 0.2) is 0 Å². The molecule has 1 saturated heterocycles. The van der Waals surface area contributed by atoms with Gasteiger partial charge in [0.25, 0.3) is 11.8 Å². The fraction of sp³-hybridized carbons (Fsp3) is 0.238. The van der Waals surface area contributed by atoms with Gasteiger partial charge in [-0.25, -0.2) is 4.39 Å². The molecule has 1 fully saturated rings. The summed E-state index contributed by atoms with van der Waals surface area (Å²) in [6, 6.07) is 13.2. The molecule has 1 heterocycles. The Morgan fingerprint density at radius 1 is 1.08 bits per heavy atom. The third kappa shape index (κ3) is 4.17. The van der Waals surface area contributed by atoms with Crippen molar-refractivity contribution in [1.82, 2.24) is 4.90 Å². The molecule has 0 aliphatic carbocycles. The van der Waals surface area contributed by atoms with Crippen LogP contribution in [0, 0.1) is 5.82 Å². The van der Waals surface area contributed by atoms with Gasteiger partial charge in [-0.15, -0.1) is 0 Å². The molecule has 134 valence electrons. The lowest BCUT2D eigenvalue weighted by atomic mass is 10.1. The van der Waals surface area contributed by atoms with E-state index in [1.54, 1.807) is 49.4 Å². The maximum atomic E-state index is 13.7. The Morgan fingerprint density at radius 2 is 1.81 bits per heavy atom. The molecule has 1 N–H and O–H groups in total. The molecule has 0 unspecified atom stereocenters. The lowest BCUT2D eigenvalue weighted by Gasteiger charge is -2.15. The number of likely N-dealkylation sites (tertiary alicyclic amines) is 1. The first-order chi connectivity index (χ1) is 12.5. The SMILES string of the molecule is C/C(=C\c1ccccc1F)C(=O)Nc1cccc(C(=O)N2CCCC2)c1. The van der Waals surface area contributed by atoms with Gasteiger partial charge in [0.05, 0.1) is 0 Å². The number of hydrogen-bond donors (Lipinski definition) is 1. The topological polar surface area (TPSA) is 49.4 Å². The Hall–Kier alpha value is -2.95. The minimum atomic E-state index is -0.377. The maximum Gasteiger partial charge on any atom is 0.253 e. The van der Waals surface area contributed by atoms with Crippen molar-refractivity contribution in [2.24, 2.45) is 0 Å². The molecule has 2 amide bonds. The molecule has 3 rings (SSSR count). The molecule has 5 heteroatoms. The van der Waals surface area contributed by atoms with Crippen molar-refractivity contribution in [3.8, 4) is 0 Å². The lowest BCUT2D eigenvalue weighted by Crippen LogP contribution is -2.27. The predicted octanol–water partition coefficient (Wildman–Crippen LogP) is 4.10. The summed E-state index contributed by atoms with van der Waals surface area (Å²) in [5.74, 6) is -0.728. The quantitative estimate of drug-likeness (QED) is 0.842. The first kappa shape index (κ1) is 17.9. The number of amides is 2. The van der Waals surface area contributed by atoms with Crippen LogP contribution in [0.2, 0.25) is 0 Å². The van der Waals surface area contributed by atoms with E-state index in [1.165, 1.54) is 12.1 Å². The molecular formula is C21H21FN2O2. The molecule has 4 nitrogen and oxygen atoms in total. The molecule has 1 aliphatic rings. The zero-order valence-corrected chi connectivity index (χ0v) is 14.7. The van der Waals surface area contributed by atoms with E-state index in [0.717, 1.165) is 25.9 Å². The lowest BCUT2D eigenvalue weighted by molar-refractivity contribution is -0.112. The number of carbonyl (C=O) groups excluding carboxylic acids is 2. The minimum absolute atomic E-state index is 0.0165. The van der Waals surface area contributed by atoms with E-state index in [1.807, 2.05) is 4.90 Å². The van der Waals surface area contributed by atoms with Crippen molar-refractivity contribution >= 4 is 23.6 Å². The number of nitrogens with one attached hydrogen (secondary N) is 1. The van der Waals surface area contributed by atoms with Crippen LogP contribution in [-0.2, 0) is 4.79 Å². The van der Waals surface area contributed by atoms with E-state index in [9.17, 15) is 14.0 Å². The van der Waals surface area contributed by atoms with Crippen LogP contribution in [-0.4, -0.2) is 29.8 Å². The van der Waals surface area contributed by atoms with E-state index in [2.05, 4.69) is 5.32 Å². The largest absolute Gasteiger partial charge is 0.339 e. The molecule has 0 radical (unpaired) electrons. The highest BCUT2D eigenvalue weighted by Gasteiger charge is 2.19. The summed E-state index contributed by atoms with van der Waals surface area (Å²) in [5, 5.41) is 2.77. The van der Waals surface area contributed by atoms with Gasteiger partial charge >= 0.3 is 0 Å². The molecule has 0 atom stereocenters. The van der Waals surface area contributed by atoms with Crippen LogP contribution in [0.25, 0.3) is 6.08 Å². The molecule has 0 bridgehead atoms. The predicted molar refractivity (Wildman–Crippen MR) is 100 cm³/mol. The van der Waals surface area contributed by atoms with Crippen LogP contribution in [0.5, 0.6) is 0 Å². The number of hydrogen-bond acceptors (Lipinski definition) is 2.